The van der Waals surface area contributed by atoms with Crippen molar-refractivity contribution >= 4 is 17.6 Å². The maximum Gasteiger partial charge on any atom is 0.320 e. The molecule has 0 saturated carbocycles. The van der Waals surface area contributed by atoms with Crippen LogP contribution in [0, 0.1) is 24.6 Å². The van der Waals surface area contributed by atoms with E-state index in [9.17, 15) is 29.0 Å². The number of hydrogen-bond donors (Lipinski definition) is 2. The molecule has 9 heteroatoms. The van der Waals surface area contributed by atoms with Gasteiger partial charge in [0, 0.05) is 61.1 Å². The van der Waals surface area contributed by atoms with Crippen LogP contribution in [0.3, 0.4) is 0 Å². The Morgan fingerprint density at radius 1 is 0.884 bits per heavy atom. The lowest BCUT2D eigenvalue weighted by molar-refractivity contribution is 0.0578. The van der Waals surface area contributed by atoms with Crippen LogP contribution in [0.15, 0.2) is 66.7 Å². The molecule has 2 saturated heterocycles. The number of likely N-dealkylation sites (tertiary alicyclic amines) is 2. The summed E-state index contributed by atoms with van der Waals surface area (Å²) in [5.74, 6) is -3.87. The molecule has 3 aromatic carbocycles. The second kappa shape index (κ2) is 12.6. The lowest BCUT2D eigenvalue weighted by Crippen LogP contribution is -2.57. The number of amides is 2. The van der Waals surface area contributed by atoms with Crippen LogP contribution in [0.1, 0.15) is 50.6 Å². The van der Waals surface area contributed by atoms with Gasteiger partial charge in [0.25, 0.3) is 0 Å². The molecule has 4 atom stereocenters. The standard InChI is InChI=1S/C34H38FN3O5/c1-21-27(13-6-14-30(21)35)31-28(32(41)22-8-4-11-25(39)16-22)19-37(34(43)38-15-7-10-24(38)18-36(2)3)20-29(31)33(42)23-9-5-12-26(40)17-23/h4-6,8-9,11-14,16-17,24,28-29,31,39-40H,7,10,15,18-20H2,1-3H3/t24-,28-,29+,31-/m0/s1. The van der Waals surface area contributed by atoms with Crippen molar-refractivity contribution in [2.45, 2.75) is 31.7 Å². The summed E-state index contributed by atoms with van der Waals surface area (Å²) in [5.41, 5.74) is 1.35. The van der Waals surface area contributed by atoms with E-state index in [-0.39, 0.29) is 59.4 Å². The van der Waals surface area contributed by atoms with Gasteiger partial charge in [0.15, 0.2) is 11.6 Å². The summed E-state index contributed by atoms with van der Waals surface area (Å²) in [6, 6.07) is 16.4. The van der Waals surface area contributed by atoms with Crippen molar-refractivity contribution in [1.29, 1.82) is 0 Å². The molecule has 2 N–H and O–H groups in total. The molecule has 0 unspecified atom stereocenters. The third-order valence-corrected chi connectivity index (χ3v) is 8.77. The number of carbonyl (C=O) groups is 3. The number of benzene rings is 3. The summed E-state index contributed by atoms with van der Waals surface area (Å²) in [5, 5.41) is 20.3. The largest absolute Gasteiger partial charge is 0.508 e. The van der Waals surface area contributed by atoms with E-state index in [1.165, 1.54) is 30.3 Å². The predicted molar refractivity (Wildman–Crippen MR) is 161 cm³/mol. The average molecular weight is 588 g/mol. The number of piperidine rings is 1. The van der Waals surface area contributed by atoms with Gasteiger partial charge in [0.05, 0.1) is 0 Å². The smallest absolute Gasteiger partial charge is 0.320 e. The van der Waals surface area contributed by atoms with E-state index in [0.717, 1.165) is 12.8 Å². The van der Waals surface area contributed by atoms with E-state index in [1.54, 1.807) is 48.2 Å². The van der Waals surface area contributed by atoms with Gasteiger partial charge in [-0.3, -0.25) is 9.59 Å². The second-order valence-electron chi connectivity index (χ2n) is 12.0. The number of aromatic hydroxyl groups is 2. The first-order chi connectivity index (χ1) is 20.5. The van der Waals surface area contributed by atoms with E-state index in [1.807, 2.05) is 23.9 Å². The highest BCUT2D eigenvalue weighted by Crippen LogP contribution is 2.43. The number of phenolic OH excluding ortho intramolecular Hbond substituents is 2. The molecular formula is C34H38FN3O5. The Balaban J connectivity index is 1.63. The van der Waals surface area contributed by atoms with Crippen molar-refractivity contribution in [3.63, 3.8) is 0 Å². The quantitative estimate of drug-likeness (QED) is 0.374. The molecule has 5 rings (SSSR count). The van der Waals surface area contributed by atoms with Crippen LogP contribution in [0.25, 0.3) is 0 Å². The van der Waals surface area contributed by atoms with Crippen molar-refractivity contribution in [2.24, 2.45) is 11.8 Å². The molecule has 2 aliphatic rings. The van der Waals surface area contributed by atoms with Gasteiger partial charge >= 0.3 is 6.03 Å². The van der Waals surface area contributed by atoms with Gasteiger partial charge in [-0.1, -0.05) is 36.4 Å². The second-order valence-corrected chi connectivity index (χ2v) is 12.0. The molecule has 8 nitrogen and oxygen atoms in total. The van der Waals surface area contributed by atoms with Crippen LogP contribution in [-0.2, 0) is 0 Å². The molecule has 0 radical (unpaired) electrons. The molecule has 43 heavy (non-hydrogen) atoms. The molecule has 2 heterocycles. The lowest BCUT2D eigenvalue weighted by Gasteiger charge is -2.45. The van der Waals surface area contributed by atoms with Crippen molar-refractivity contribution in [3.05, 3.63) is 94.8 Å². The number of halogens is 1. The van der Waals surface area contributed by atoms with E-state index < -0.39 is 23.6 Å². The summed E-state index contributed by atoms with van der Waals surface area (Å²) < 4.78 is 15.0. The Hall–Kier alpha value is -4.24. The zero-order valence-electron chi connectivity index (χ0n) is 24.7. The first-order valence-corrected chi connectivity index (χ1v) is 14.7. The third-order valence-electron chi connectivity index (χ3n) is 8.77. The van der Waals surface area contributed by atoms with Crippen LogP contribution in [0.2, 0.25) is 0 Å². The molecule has 2 fully saturated rings. The maximum atomic E-state index is 15.0. The van der Waals surface area contributed by atoms with Crippen LogP contribution in [0.4, 0.5) is 9.18 Å². The molecule has 0 aliphatic carbocycles. The Morgan fingerprint density at radius 2 is 1.44 bits per heavy atom. The van der Waals surface area contributed by atoms with Crippen molar-refractivity contribution in [3.8, 4) is 11.5 Å². The van der Waals surface area contributed by atoms with Gasteiger partial charge in [0.1, 0.15) is 17.3 Å². The fourth-order valence-corrected chi connectivity index (χ4v) is 6.75. The van der Waals surface area contributed by atoms with Crippen molar-refractivity contribution < 1.29 is 29.0 Å². The Kier molecular flexibility index (Phi) is 8.82. The molecule has 0 aromatic heterocycles. The van der Waals surface area contributed by atoms with Gasteiger partial charge in [-0.05, 0) is 75.3 Å². The Bertz CT molecular complexity index is 1460. The van der Waals surface area contributed by atoms with E-state index in [0.29, 0.717) is 24.2 Å². The normalized spacial score (nSPS) is 22.2. The summed E-state index contributed by atoms with van der Waals surface area (Å²) in [6.07, 6.45) is 1.72. The number of Topliss-reactive ketones (excluding diaryl/α,β-unsaturated/α-hetero) is 2. The molecule has 0 spiro atoms. The van der Waals surface area contributed by atoms with Crippen LogP contribution in [0.5, 0.6) is 11.5 Å². The SMILES string of the molecule is Cc1c(F)cccc1[C@H]1[C@@H](C(=O)c2cccc(O)c2)CN(C(=O)N2CCC[C@H]2CN(C)C)C[C@H]1C(=O)c1cccc(O)c1. The minimum absolute atomic E-state index is 0.00568. The topological polar surface area (TPSA) is 101 Å². The van der Waals surface area contributed by atoms with Crippen LogP contribution >= 0.6 is 0 Å². The maximum absolute atomic E-state index is 15.0. The Labute approximate surface area is 251 Å². The summed E-state index contributed by atoms with van der Waals surface area (Å²) in [6.45, 7) is 2.97. The van der Waals surface area contributed by atoms with Gasteiger partial charge in [-0.15, -0.1) is 0 Å². The number of likely N-dealkylation sites (N-methyl/N-ethyl adjacent to an activating group) is 1. The van der Waals surface area contributed by atoms with Gasteiger partial charge in [-0.2, -0.15) is 0 Å². The third kappa shape index (κ3) is 6.27. The van der Waals surface area contributed by atoms with E-state index in [2.05, 4.69) is 0 Å². The van der Waals surface area contributed by atoms with Crippen LogP contribution in [-0.4, -0.2) is 88.8 Å². The average Bonchev–Trinajstić information content (AvgIpc) is 3.44. The summed E-state index contributed by atoms with van der Waals surface area (Å²) in [7, 11) is 3.92. The number of carbonyl (C=O) groups excluding carboxylic acids is 3. The fraction of sp³-hybridized carbons (Fsp3) is 0.382. The van der Waals surface area contributed by atoms with Crippen molar-refractivity contribution in [2.75, 3.05) is 40.3 Å². The lowest BCUT2D eigenvalue weighted by atomic mass is 9.68. The first kappa shape index (κ1) is 30.2. The molecule has 3 aromatic rings. The molecule has 2 aliphatic heterocycles. The zero-order valence-corrected chi connectivity index (χ0v) is 24.7. The molecule has 2 amide bonds. The number of ketones is 2. The van der Waals surface area contributed by atoms with E-state index >= 15 is 0 Å². The predicted octanol–water partition coefficient (Wildman–Crippen LogP) is 5.09. The number of phenols is 2. The van der Waals surface area contributed by atoms with Gasteiger partial charge in [0.2, 0.25) is 0 Å². The first-order valence-electron chi connectivity index (χ1n) is 14.7. The van der Waals surface area contributed by atoms with Gasteiger partial charge < -0.3 is 24.9 Å². The Morgan fingerprint density at radius 3 is 1.98 bits per heavy atom. The molecular weight excluding hydrogens is 549 g/mol. The highest BCUT2D eigenvalue weighted by Gasteiger charge is 2.48. The minimum Gasteiger partial charge on any atom is -0.508 e. The highest BCUT2D eigenvalue weighted by molar-refractivity contribution is 6.03. The summed E-state index contributed by atoms with van der Waals surface area (Å²) >= 11 is 0. The number of rotatable bonds is 7. The molecule has 0 bridgehead atoms. The fourth-order valence-electron chi connectivity index (χ4n) is 6.75. The molecule has 226 valence electrons. The zero-order chi connectivity index (χ0) is 30.8. The number of hydrogen-bond acceptors (Lipinski definition) is 6. The van der Waals surface area contributed by atoms with Gasteiger partial charge in [-0.25, -0.2) is 9.18 Å². The highest BCUT2D eigenvalue weighted by atomic mass is 19.1. The van der Waals surface area contributed by atoms with Crippen LogP contribution < -0.4 is 0 Å². The summed E-state index contributed by atoms with van der Waals surface area (Å²) in [4.78, 5) is 48.2. The number of urea groups is 1. The van der Waals surface area contributed by atoms with Crippen molar-refractivity contribution in [1.82, 2.24) is 14.7 Å². The number of nitrogens with zero attached hydrogens (tertiary/aromatic N) is 3. The monoisotopic (exact) mass is 587 g/mol. The minimum atomic E-state index is -0.902. The van der Waals surface area contributed by atoms with E-state index in [4.69, 9.17) is 0 Å².